The van der Waals surface area contributed by atoms with E-state index < -0.39 is 0 Å². The van der Waals surface area contributed by atoms with Crippen molar-refractivity contribution in [3.8, 4) is 0 Å². The van der Waals surface area contributed by atoms with E-state index in [2.05, 4.69) is 59.2 Å². The molecular formula is C19H20N2S4. The Labute approximate surface area is 168 Å². The van der Waals surface area contributed by atoms with E-state index in [-0.39, 0.29) is 5.54 Å². The van der Waals surface area contributed by atoms with Crippen molar-refractivity contribution in [2.24, 2.45) is 0 Å². The van der Waals surface area contributed by atoms with Gasteiger partial charge in [-0.05, 0) is 23.3 Å². The lowest BCUT2D eigenvalue weighted by Crippen LogP contribution is -2.51. The van der Waals surface area contributed by atoms with Crippen molar-refractivity contribution in [1.29, 1.82) is 0 Å². The van der Waals surface area contributed by atoms with Crippen LogP contribution in [0.1, 0.15) is 11.1 Å². The maximum atomic E-state index is 5.60. The van der Waals surface area contributed by atoms with Crippen LogP contribution in [0.25, 0.3) is 0 Å². The van der Waals surface area contributed by atoms with Gasteiger partial charge in [0, 0.05) is 23.0 Å². The molecule has 3 rings (SSSR count). The average molecular weight is 405 g/mol. The fraction of sp³-hybridized carbons (Fsp3) is 0.263. The first kappa shape index (κ1) is 18.7. The van der Waals surface area contributed by atoms with Crippen LogP contribution in [0.2, 0.25) is 0 Å². The molecule has 130 valence electrons. The minimum Gasteiger partial charge on any atom is -0.349 e. The highest BCUT2D eigenvalue weighted by molar-refractivity contribution is 7.99. The molecule has 0 amide bonds. The number of rotatable bonds is 8. The van der Waals surface area contributed by atoms with Gasteiger partial charge < -0.3 is 10.6 Å². The molecule has 0 saturated carbocycles. The topological polar surface area (TPSA) is 24.1 Å². The van der Waals surface area contributed by atoms with Gasteiger partial charge in [0.2, 0.25) is 0 Å². The largest absolute Gasteiger partial charge is 0.349 e. The van der Waals surface area contributed by atoms with Crippen LogP contribution in [0.4, 0.5) is 0 Å². The monoisotopic (exact) mass is 404 g/mol. The highest BCUT2D eigenvalue weighted by Gasteiger charge is 2.41. The molecule has 25 heavy (non-hydrogen) atoms. The summed E-state index contributed by atoms with van der Waals surface area (Å²) in [6.45, 7) is 0. The first-order valence-electron chi connectivity index (χ1n) is 8.05. The van der Waals surface area contributed by atoms with Gasteiger partial charge in [0.1, 0.15) is 10.5 Å². The fourth-order valence-electron chi connectivity index (χ4n) is 2.61. The number of thioether (sulfide) groups is 2. The van der Waals surface area contributed by atoms with Gasteiger partial charge in [-0.25, -0.2) is 0 Å². The van der Waals surface area contributed by atoms with Crippen molar-refractivity contribution in [2.75, 3.05) is 11.5 Å². The molecule has 0 aliphatic carbocycles. The van der Waals surface area contributed by atoms with Crippen molar-refractivity contribution in [2.45, 2.75) is 17.0 Å². The zero-order valence-electron chi connectivity index (χ0n) is 13.7. The molecule has 2 aromatic rings. The molecule has 1 aliphatic rings. The van der Waals surface area contributed by atoms with Crippen LogP contribution in [0.5, 0.6) is 0 Å². The van der Waals surface area contributed by atoms with Gasteiger partial charge in [-0.1, -0.05) is 72.9 Å². The number of benzene rings is 2. The number of hydrogen-bond acceptors (Lipinski definition) is 4. The second-order valence-corrected chi connectivity index (χ2v) is 8.73. The summed E-state index contributed by atoms with van der Waals surface area (Å²) in [5.74, 6) is 3.75. The zero-order chi connectivity index (χ0) is 17.5. The summed E-state index contributed by atoms with van der Waals surface area (Å²) in [4.78, 5) is 0.818. The lowest BCUT2D eigenvalue weighted by Gasteiger charge is -2.28. The first-order valence-corrected chi connectivity index (χ1v) is 11.2. The van der Waals surface area contributed by atoms with Crippen molar-refractivity contribution >= 4 is 58.1 Å². The van der Waals surface area contributed by atoms with Crippen LogP contribution in [-0.2, 0) is 11.5 Å². The second-order valence-electron chi connectivity index (χ2n) is 5.95. The highest BCUT2D eigenvalue weighted by Crippen LogP contribution is 2.27. The predicted molar refractivity (Wildman–Crippen MR) is 119 cm³/mol. The van der Waals surface area contributed by atoms with Gasteiger partial charge in [-0.3, -0.25) is 0 Å². The Hall–Kier alpha value is -1.08. The molecule has 1 heterocycles. The number of thiocarbonyl (C=S) groups is 2. The molecule has 0 unspecified atom stereocenters. The van der Waals surface area contributed by atoms with E-state index in [0.29, 0.717) is 5.11 Å². The third kappa shape index (κ3) is 5.20. The molecule has 0 aromatic heterocycles. The summed E-state index contributed by atoms with van der Waals surface area (Å²) < 4.78 is 0. The van der Waals surface area contributed by atoms with Crippen LogP contribution in [0, 0.1) is 0 Å². The van der Waals surface area contributed by atoms with E-state index >= 15 is 0 Å². The van der Waals surface area contributed by atoms with E-state index in [0.717, 1.165) is 28.0 Å². The van der Waals surface area contributed by atoms with Gasteiger partial charge in [0.15, 0.2) is 5.11 Å². The Bertz CT molecular complexity index is 673. The molecule has 6 heteroatoms. The SMILES string of the molecule is S=C1NC(=S)C(CSCc2ccccc2)(CSCc2ccccc2)N1. The molecule has 1 fully saturated rings. The Morgan fingerprint density at radius 3 is 1.64 bits per heavy atom. The Morgan fingerprint density at radius 2 is 1.24 bits per heavy atom. The molecule has 2 nitrogen and oxygen atoms in total. The van der Waals surface area contributed by atoms with Crippen LogP contribution in [0.15, 0.2) is 60.7 Å². The van der Waals surface area contributed by atoms with Gasteiger partial charge in [-0.15, -0.1) is 0 Å². The molecular weight excluding hydrogens is 384 g/mol. The Balaban J connectivity index is 1.58. The lowest BCUT2D eigenvalue weighted by atomic mass is 10.1. The molecule has 1 aliphatic heterocycles. The summed E-state index contributed by atoms with van der Waals surface area (Å²) in [5, 5.41) is 7.20. The average Bonchev–Trinajstić information content (AvgIpc) is 2.90. The maximum absolute atomic E-state index is 5.60. The normalized spacial score (nSPS) is 15.7. The Morgan fingerprint density at radius 1 is 0.760 bits per heavy atom. The van der Waals surface area contributed by atoms with Crippen molar-refractivity contribution in [1.82, 2.24) is 10.6 Å². The Kier molecular flexibility index (Phi) is 6.76. The van der Waals surface area contributed by atoms with E-state index in [1.165, 1.54) is 11.1 Å². The standard InChI is InChI=1S/C19H20N2S4/c22-17-19(21-18(23)20-17,13-24-11-15-7-3-1-4-8-15)14-25-12-16-9-5-2-6-10-16/h1-10H,11-14H2,(H2,20,21,22,23). The van der Waals surface area contributed by atoms with Crippen molar-refractivity contribution < 1.29 is 0 Å². The van der Waals surface area contributed by atoms with Gasteiger partial charge in [-0.2, -0.15) is 23.5 Å². The summed E-state index contributed by atoms with van der Waals surface area (Å²) in [6.07, 6.45) is 0. The molecule has 0 bridgehead atoms. The fourth-order valence-corrected chi connectivity index (χ4v) is 5.97. The minimum atomic E-state index is -0.259. The van der Waals surface area contributed by atoms with E-state index in [9.17, 15) is 0 Å². The van der Waals surface area contributed by atoms with Crippen molar-refractivity contribution in [3.05, 3.63) is 71.8 Å². The molecule has 0 spiro atoms. The smallest absolute Gasteiger partial charge is 0.172 e. The third-order valence-electron chi connectivity index (χ3n) is 3.93. The molecule has 0 radical (unpaired) electrons. The quantitative estimate of drug-likeness (QED) is 0.633. The predicted octanol–water partition coefficient (Wildman–Crippen LogP) is 4.40. The maximum Gasteiger partial charge on any atom is 0.172 e. The summed E-state index contributed by atoms with van der Waals surface area (Å²) in [6, 6.07) is 21.1. The highest BCUT2D eigenvalue weighted by atomic mass is 32.2. The summed E-state index contributed by atoms with van der Waals surface area (Å²) >= 11 is 14.7. The van der Waals surface area contributed by atoms with E-state index in [4.69, 9.17) is 24.4 Å². The van der Waals surface area contributed by atoms with E-state index in [1.807, 2.05) is 35.7 Å². The van der Waals surface area contributed by atoms with Crippen molar-refractivity contribution in [3.63, 3.8) is 0 Å². The zero-order valence-corrected chi connectivity index (χ0v) is 17.0. The lowest BCUT2D eigenvalue weighted by molar-refractivity contribution is 0.669. The van der Waals surface area contributed by atoms with E-state index in [1.54, 1.807) is 0 Å². The number of hydrogen-bond donors (Lipinski definition) is 2. The third-order valence-corrected chi connectivity index (χ3v) is 7.10. The van der Waals surface area contributed by atoms with Crippen LogP contribution in [0.3, 0.4) is 0 Å². The van der Waals surface area contributed by atoms with Gasteiger partial charge >= 0.3 is 0 Å². The van der Waals surface area contributed by atoms with Crippen LogP contribution < -0.4 is 10.6 Å². The summed E-state index contributed by atoms with van der Waals surface area (Å²) in [7, 11) is 0. The van der Waals surface area contributed by atoms with Crippen LogP contribution >= 0.6 is 48.0 Å². The molecule has 0 atom stereocenters. The first-order chi connectivity index (χ1) is 12.2. The molecule has 2 aromatic carbocycles. The summed E-state index contributed by atoms with van der Waals surface area (Å²) in [5.41, 5.74) is 2.41. The number of nitrogens with one attached hydrogen (secondary N) is 2. The minimum absolute atomic E-state index is 0.259. The molecule has 1 saturated heterocycles. The van der Waals surface area contributed by atoms with Gasteiger partial charge in [0.25, 0.3) is 0 Å². The van der Waals surface area contributed by atoms with Gasteiger partial charge in [0.05, 0.1) is 0 Å². The second kappa shape index (κ2) is 9.03. The molecule has 2 N–H and O–H groups in total. The van der Waals surface area contributed by atoms with Crippen LogP contribution in [-0.4, -0.2) is 27.1 Å².